The molecule has 3 aromatic carbocycles. The molecular formula is C34H36BrN7O5. The summed E-state index contributed by atoms with van der Waals surface area (Å²) in [4.78, 5) is 33.8. The maximum absolute atomic E-state index is 13.9. The average Bonchev–Trinajstić information content (AvgIpc) is 3.34. The number of nitrogen functional groups attached to an aromatic ring is 1. The van der Waals surface area contributed by atoms with Crippen LogP contribution in [0.5, 0.6) is 23.0 Å². The van der Waals surface area contributed by atoms with Crippen LogP contribution >= 0.6 is 15.9 Å². The third-order valence-electron chi connectivity index (χ3n) is 8.30. The summed E-state index contributed by atoms with van der Waals surface area (Å²) in [6, 6.07) is 17.5. The van der Waals surface area contributed by atoms with Crippen LogP contribution in [0.4, 0.5) is 23.1 Å². The molecule has 2 aliphatic rings. The van der Waals surface area contributed by atoms with E-state index in [1.165, 1.54) is 0 Å². The van der Waals surface area contributed by atoms with Crippen LogP contribution in [0.1, 0.15) is 16.7 Å². The fourth-order valence-electron chi connectivity index (χ4n) is 5.85. The molecule has 0 bridgehead atoms. The summed E-state index contributed by atoms with van der Waals surface area (Å²) < 4.78 is 22.6. The first-order chi connectivity index (χ1) is 22.8. The highest BCUT2D eigenvalue weighted by atomic mass is 79.9. The van der Waals surface area contributed by atoms with Gasteiger partial charge in [-0.25, -0.2) is 9.98 Å². The summed E-state index contributed by atoms with van der Waals surface area (Å²) in [6.45, 7) is 3.70. The first-order valence-electron chi connectivity index (χ1n) is 15.0. The largest absolute Gasteiger partial charge is 0.497 e. The molecule has 0 aliphatic carbocycles. The van der Waals surface area contributed by atoms with Gasteiger partial charge in [0.25, 0.3) is 11.9 Å². The molecule has 1 saturated heterocycles. The lowest BCUT2D eigenvalue weighted by Crippen LogP contribution is -2.51. The number of benzene rings is 3. The van der Waals surface area contributed by atoms with Gasteiger partial charge in [-0.05, 0) is 48.0 Å². The maximum Gasteiger partial charge on any atom is 0.278 e. The van der Waals surface area contributed by atoms with Crippen LogP contribution in [-0.4, -0.2) is 87.8 Å². The highest BCUT2D eigenvalue weighted by Gasteiger charge is 2.36. The first kappa shape index (κ1) is 32.1. The van der Waals surface area contributed by atoms with E-state index in [4.69, 9.17) is 24.7 Å². The summed E-state index contributed by atoms with van der Waals surface area (Å²) in [6.07, 6.45) is 2.05. The fraction of sp³-hybridized carbons (Fsp3) is 0.294. The smallest absolute Gasteiger partial charge is 0.278 e. The van der Waals surface area contributed by atoms with Crippen molar-refractivity contribution in [3.63, 3.8) is 0 Å². The third-order valence-corrected chi connectivity index (χ3v) is 8.79. The van der Waals surface area contributed by atoms with Crippen molar-refractivity contribution in [2.24, 2.45) is 4.99 Å². The Balaban J connectivity index is 1.20. The van der Waals surface area contributed by atoms with Gasteiger partial charge in [-0.3, -0.25) is 14.6 Å². The van der Waals surface area contributed by atoms with Crippen molar-refractivity contribution in [2.75, 3.05) is 76.8 Å². The standard InChI is InChI=1S/C34H36BrN7O5/c1-44-25-7-5-6-24(18-25)41-12-10-40(11-13-41)20-42-27-9-8-23(35)17-26(27)30(33(42)43)38-34-37-19-22(32(36)39-34)14-21-15-28(45-2)31(47-4)29(16-21)46-3/h5-9,15-19H,10-14,20H2,1-4H3,(H2,36,37,39)/b38-30-. The molecule has 0 radical (unpaired) electrons. The van der Waals surface area contributed by atoms with Crippen LogP contribution in [0, 0.1) is 0 Å². The van der Waals surface area contributed by atoms with E-state index in [0.29, 0.717) is 41.5 Å². The minimum atomic E-state index is -0.211. The summed E-state index contributed by atoms with van der Waals surface area (Å²) >= 11 is 3.55. The Morgan fingerprint density at radius 1 is 0.915 bits per heavy atom. The van der Waals surface area contributed by atoms with Crippen molar-refractivity contribution in [1.82, 2.24) is 14.9 Å². The molecular weight excluding hydrogens is 666 g/mol. The van der Waals surface area contributed by atoms with E-state index < -0.39 is 0 Å². The van der Waals surface area contributed by atoms with E-state index in [0.717, 1.165) is 53.3 Å². The number of hydrogen-bond donors (Lipinski definition) is 1. The van der Waals surface area contributed by atoms with E-state index in [2.05, 4.69) is 46.8 Å². The number of piperazine rings is 1. The Morgan fingerprint density at radius 3 is 2.32 bits per heavy atom. The second-order valence-corrected chi connectivity index (χ2v) is 12.0. The van der Waals surface area contributed by atoms with Crippen LogP contribution in [0.15, 0.2) is 70.3 Å². The zero-order valence-corrected chi connectivity index (χ0v) is 28.3. The summed E-state index contributed by atoms with van der Waals surface area (Å²) in [5, 5.41) is 0. The van der Waals surface area contributed by atoms with Crippen molar-refractivity contribution in [3.05, 3.63) is 82.0 Å². The Bertz CT molecular complexity index is 1800. The van der Waals surface area contributed by atoms with Gasteiger partial charge in [-0.1, -0.05) is 22.0 Å². The number of rotatable bonds is 10. The van der Waals surface area contributed by atoms with Crippen LogP contribution < -0.4 is 34.5 Å². The van der Waals surface area contributed by atoms with Gasteiger partial charge in [-0.2, -0.15) is 4.98 Å². The number of hydrogen-bond acceptors (Lipinski definition) is 11. The topological polar surface area (TPSA) is 128 Å². The first-order valence-corrected chi connectivity index (χ1v) is 15.8. The minimum absolute atomic E-state index is 0.110. The highest BCUT2D eigenvalue weighted by Crippen LogP contribution is 2.39. The van der Waals surface area contributed by atoms with Gasteiger partial charge >= 0.3 is 0 Å². The molecule has 0 unspecified atom stereocenters. The van der Waals surface area contributed by atoms with Gasteiger partial charge in [0.15, 0.2) is 11.5 Å². The molecule has 6 rings (SSSR count). The Labute approximate surface area is 281 Å². The normalized spacial score (nSPS) is 15.6. The number of carbonyl (C=O) groups excluding carboxylic acids is 1. The quantitative estimate of drug-likeness (QED) is 0.249. The number of nitrogens with zero attached hydrogens (tertiary/aromatic N) is 6. The number of nitrogens with two attached hydrogens (primary N) is 1. The number of fused-ring (bicyclic) bond motifs is 1. The maximum atomic E-state index is 13.9. The van der Waals surface area contributed by atoms with Gasteiger partial charge in [0.05, 0.1) is 40.8 Å². The Morgan fingerprint density at radius 2 is 1.66 bits per heavy atom. The lowest BCUT2D eigenvalue weighted by Gasteiger charge is -2.37. The van der Waals surface area contributed by atoms with Crippen LogP contribution in [0.25, 0.3) is 0 Å². The molecule has 2 aliphatic heterocycles. The number of methoxy groups -OCH3 is 4. The molecule has 0 saturated carbocycles. The second kappa shape index (κ2) is 13.9. The number of aromatic nitrogens is 2. The summed E-state index contributed by atoms with van der Waals surface area (Å²) in [5.74, 6) is 2.58. The number of anilines is 3. The number of amides is 1. The predicted molar refractivity (Wildman–Crippen MR) is 185 cm³/mol. The van der Waals surface area contributed by atoms with Crippen molar-refractivity contribution < 1.29 is 23.7 Å². The summed E-state index contributed by atoms with van der Waals surface area (Å²) in [7, 11) is 6.37. The molecule has 3 heterocycles. The Kier molecular flexibility index (Phi) is 9.45. The van der Waals surface area contributed by atoms with E-state index in [-0.39, 0.29) is 23.4 Å². The number of ether oxygens (including phenoxy) is 4. The molecule has 4 aromatic rings. The van der Waals surface area contributed by atoms with Crippen LogP contribution in [0.2, 0.25) is 0 Å². The van der Waals surface area contributed by atoms with Gasteiger partial charge < -0.3 is 29.6 Å². The number of halogens is 1. The summed E-state index contributed by atoms with van der Waals surface area (Å²) in [5.41, 5.74) is 10.9. The molecule has 1 fully saturated rings. The van der Waals surface area contributed by atoms with E-state index in [9.17, 15) is 4.79 Å². The van der Waals surface area contributed by atoms with Gasteiger partial charge in [-0.15, -0.1) is 0 Å². The van der Waals surface area contributed by atoms with Crippen molar-refractivity contribution in [1.29, 1.82) is 0 Å². The highest BCUT2D eigenvalue weighted by molar-refractivity contribution is 9.10. The molecule has 1 aromatic heterocycles. The SMILES string of the molecule is COc1cccc(N2CCN(CN3C(=O)/C(=N\c4ncc(Cc5cc(OC)c(OC)c(OC)c5)c(N)n4)c4cc(Br)ccc43)CC2)c1. The minimum Gasteiger partial charge on any atom is -0.497 e. The van der Waals surface area contributed by atoms with Crippen LogP contribution in [0.3, 0.4) is 0 Å². The van der Waals surface area contributed by atoms with Crippen LogP contribution in [-0.2, 0) is 11.2 Å². The van der Waals surface area contributed by atoms with E-state index in [1.807, 2.05) is 48.5 Å². The van der Waals surface area contributed by atoms with E-state index >= 15 is 0 Å². The third kappa shape index (κ3) is 6.67. The molecule has 13 heteroatoms. The lowest BCUT2D eigenvalue weighted by molar-refractivity contribution is -0.112. The Hall–Kier alpha value is -4.88. The molecule has 47 heavy (non-hydrogen) atoms. The molecule has 2 N–H and O–H groups in total. The molecule has 0 spiro atoms. The number of aliphatic imine (C=N–C) groups is 1. The lowest BCUT2D eigenvalue weighted by atomic mass is 10.1. The van der Waals surface area contributed by atoms with Gasteiger partial charge in [0.1, 0.15) is 17.3 Å². The van der Waals surface area contributed by atoms with Gasteiger partial charge in [0, 0.05) is 66.2 Å². The van der Waals surface area contributed by atoms with Crippen molar-refractivity contribution in [3.8, 4) is 23.0 Å². The van der Waals surface area contributed by atoms with Crippen molar-refractivity contribution >= 4 is 50.7 Å². The van der Waals surface area contributed by atoms with Gasteiger partial charge in [0.2, 0.25) is 5.75 Å². The molecule has 12 nitrogen and oxygen atoms in total. The van der Waals surface area contributed by atoms with E-state index in [1.54, 1.807) is 39.5 Å². The average molecular weight is 703 g/mol. The predicted octanol–water partition coefficient (Wildman–Crippen LogP) is 4.69. The molecule has 244 valence electrons. The molecule has 1 amide bonds. The molecule has 0 atom stereocenters. The second-order valence-electron chi connectivity index (χ2n) is 11.1. The zero-order chi connectivity index (χ0) is 33.1. The fourth-order valence-corrected chi connectivity index (χ4v) is 6.21. The number of carbonyl (C=O) groups is 1. The monoisotopic (exact) mass is 701 g/mol. The zero-order valence-electron chi connectivity index (χ0n) is 26.7. The van der Waals surface area contributed by atoms with Crippen molar-refractivity contribution in [2.45, 2.75) is 6.42 Å².